The Bertz CT molecular complexity index is 331. The van der Waals surface area contributed by atoms with Crippen molar-refractivity contribution in [1.82, 2.24) is 9.97 Å². The summed E-state index contributed by atoms with van der Waals surface area (Å²) in [5.41, 5.74) is -0.0102. The Morgan fingerprint density at radius 2 is 2.00 bits per heavy atom. The predicted molar refractivity (Wildman–Crippen MR) is 65.7 cm³/mol. The van der Waals surface area contributed by atoms with E-state index in [-0.39, 0.29) is 5.54 Å². The van der Waals surface area contributed by atoms with Crippen molar-refractivity contribution < 1.29 is 4.74 Å². The third kappa shape index (κ3) is 4.96. The Balaban J connectivity index is 2.64. The Morgan fingerprint density at radius 3 is 2.56 bits per heavy atom. The second-order valence-electron chi connectivity index (χ2n) is 5.32. The highest BCUT2D eigenvalue weighted by atomic mass is 16.5. The zero-order valence-electron chi connectivity index (χ0n) is 10.7. The van der Waals surface area contributed by atoms with E-state index in [0.717, 1.165) is 5.82 Å². The number of rotatable bonds is 4. The lowest BCUT2D eigenvalue weighted by molar-refractivity contribution is 0.261. The van der Waals surface area contributed by atoms with Gasteiger partial charge in [-0.3, -0.25) is 0 Å². The fourth-order valence-electron chi connectivity index (χ4n) is 1.12. The van der Waals surface area contributed by atoms with E-state index < -0.39 is 0 Å². The SMILES string of the molecule is CC(C)COc1cc(NC(C)(C)C)ncn1. The molecular weight excluding hydrogens is 202 g/mol. The molecule has 90 valence electrons. The average molecular weight is 223 g/mol. The maximum Gasteiger partial charge on any atom is 0.218 e. The van der Waals surface area contributed by atoms with Crippen molar-refractivity contribution in [2.75, 3.05) is 11.9 Å². The van der Waals surface area contributed by atoms with Crippen LogP contribution in [0.1, 0.15) is 34.6 Å². The fraction of sp³-hybridized carbons (Fsp3) is 0.667. The van der Waals surface area contributed by atoms with Gasteiger partial charge in [0.1, 0.15) is 12.1 Å². The number of nitrogens with zero attached hydrogens (tertiary/aromatic N) is 2. The van der Waals surface area contributed by atoms with Crippen molar-refractivity contribution in [2.45, 2.75) is 40.2 Å². The first-order chi connectivity index (χ1) is 7.37. The van der Waals surface area contributed by atoms with E-state index in [0.29, 0.717) is 18.4 Å². The molecule has 0 saturated carbocycles. The summed E-state index contributed by atoms with van der Waals surface area (Å²) >= 11 is 0. The van der Waals surface area contributed by atoms with Crippen LogP contribution in [0, 0.1) is 5.92 Å². The molecule has 1 N–H and O–H groups in total. The van der Waals surface area contributed by atoms with E-state index in [1.165, 1.54) is 6.33 Å². The van der Waals surface area contributed by atoms with Gasteiger partial charge in [0.05, 0.1) is 6.61 Å². The smallest absolute Gasteiger partial charge is 0.218 e. The molecule has 0 spiro atoms. The predicted octanol–water partition coefficient (Wildman–Crippen LogP) is 2.72. The third-order valence-corrected chi connectivity index (χ3v) is 1.71. The standard InChI is InChI=1S/C12H21N3O/c1-9(2)7-16-11-6-10(13-8-14-11)15-12(3,4)5/h6,8-9H,7H2,1-5H3,(H,13,14,15). The van der Waals surface area contributed by atoms with Gasteiger partial charge in [-0.1, -0.05) is 13.8 Å². The van der Waals surface area contributed by atoms with Crippen molar-refractivity contribution in [1.29, 1.82) is 0 Å². The van der Waals surface area contributed by atoms with Gasteiger partial charge in [-0.15, -0.1) is 0 Å². The van der Waals surface area contributed by atoms with Crippen molar-refractivity contribution in [2.24, 2.45) is 5.92 Å². The zero-order chi connectivity index (χ0) is 12.2. The van der Waals surface area contributed by atoms with Gasteiger partial charge in [0.2, 0.25) is 5.88 Å². The molecule has 0 aromatic carbocycles. The number of ether oxygens (including phenoxy) is 1. The van der Waals surface area contributed by atoms with E-state index in [9.17, 15) is 0 Å². The van der Waals surface area contributed by atoms with E-state index in [1.807, 2.05) is 6.07 Å². The topological polar surface area (TPSA) is 47.0 Å². The minimum Gasteiger partial charge on any atom is -0.477 e. The molecule has 0 aliphatic rings. The van der Waals surface area contributed by atoms with Gasteiger partial charge in [0.25, 0.3) is 0 Å². The minimum atomic E-state index is -0.0102. The summed E-state index contributed by atoms with van der Waals surface area (Å²) in [5.74, 6) is 1.91. The summed E-state index contributed by atoms with van der Waals surface area (Å²) in [6.45, 7) is 11.1. The Hall–Kier alpha value is -1.32. The Labute approximate surface area is 97.5 Å². The van der Waals surface area contributed by atoms with E-state index in [1.54, 1.807) is 0 Å². The quantitative estimate of drug-likeness (QED) is 0.852. The van der Waals surface area contributed by atoms with Crippen molar-refractivity contribution in [3.05, 3.63) is 12.4 Å². The summed E-state index contributed by atoms with van der Waals surface area (Å²) in [7, 11) is 0. The molecule has 0 amide bonds. The van der Waals surface area contributed by atoms with E-state index in [4.69, 9.17) is 4.74 Å². The highest BCUT2D eigenvalue weighted by Gasteiger charge is 2.10. The van der Waals surface area contributed by atoms with E-state index >= 15 is 0 Å². The van der Waals surface area contributed by atoms with Crippen LogP contribution < -0.4 is 10.1 Å². The van der Waals surface area contributed by atoms with Crippen LogP contribution in [0.3, 0.4) is 0 Å². The molecule has 16 heavy (non-hydrogen) atoms. The highest BCUT2D eigenvalue weighted by molar-refractivity contribution is 5.39. The summed E-state index contributed by atoms with van der Waals surface area (Å²) in [4.78, 5) is 8.22. The molecule has 0 atom stereocenters. The molecule has 1 heterocycles. The maximum absolute atomic E-state index is 5.53. The van der Waals surface area contributed by atoms with Gasteiger partial charge >= 0.3 is 0 Å². The van der Waals surface area contributed by atoms with Gasteiger partial charge in [0.15, 0.2) is 0 Å². The minimum absolute atomic E-state index is 0.0102. The van der Waals surface area contributed by atoms with Gasteiger partial charge in [-0.2, -0.15) is 0 Å². The number of anilines is 1. The first-order valence-corrected chi connectivity index (χ1v) is 5.60. The van der Waals surface area contributed by atoms with Crippen LogP contribution >= 0.6 is 0 Å². The monoisotopic (exact) mass is 223 g/mol. The van der Waals surface area contributed by atoms with Crippen molar-refractivity contribution in [3.63, 3.8) is 0 Å². The van der Waals surface area contributed by atoms with Gasteiger partial charge in [-0.25, -0.2) is 9.97 Å². The fourth-order valence-corrected chi connectivity index (χ4v) is 1.12. The average Bonchev–Trinajstić information content (AvgIpc) is 2.12. The summed E-state index contributed by atoms with van der Waals surface area (Å²) < 4.78 is 5.53. The third-order valence-electron chi connectivity index (χ3n) is 1.71. The lowest BCUT2D eigenvalue weighted by Crippen LogP contribution is -2.26. The first-order valence-electron chi connectivity index (χ1n) is 5.60. The van der Waals surface area contributed by atoms with Gasteiger partial charge in [-0.05, 0) is 26.7 Å². The molecule has 0 bridgehead atoms. The molecule has 0 saturated heterocycles. The zero-order valence-corrected chi connectivity index (χ0v) is 10.7. The molecule has 4 nitrogen and oxygen atoms in total. The van der Waals surface area contributed by atoms with Crippen LogP contribution in [-0.2, 0) is 0 Å². The lowest BCUT2D eigenvalue weighted by atomic mass is 10.1. The van der Waals surface area contributed by atoms with E-state index in [2.05, 4.69) is 49.9 Å². The molecule has 4 heteroatoms. The molecule has 1 rings (SSSR count). The molecular formula is C12H21N3O. The van der Waals surface area contributed by atoms with Gasteiger partial charge < -0.3 is 10.1 Å². The maximum atomic E-state index is 5.53. The Morgan fingerprint density at radius 1 is 1.31 bits per heavy atom. The number of aromatic nitrogens is 2. The van der Waals surface area contributed by atoms with Crippen molar-refractivity contribution in [3.8, 4) is 5.88 Å². The number of hydrogen-bond donors (Lipinski definition) is 1. The van der Waals surface area contributed by atoms with Crippen LogP contribution in [-0.4, -0.2) is 22.1 Å². The first kappa shape index (κ1) is 12.7. The normalized spacial score (nSPS) is 11.6. The second-order valence-corrected chi connectivity index (χ2v) is 5.32. The molecule has 1 aromatic heterocycles. The Kier molecular flexibility index (Phi) is 4.10. The highest BCUT2D eigenvalue weighted by Crippen LogP contribution is 2.16. The molecule has 1 aromatic rings. The van der Waals surface area contributed by atoms with Crippen LogP contribution in [0.5, 0.6) is 5.88 Å². The number of nitrogens with one attached hydrogen (secondary N) is 1. The summed E-state index contributed by atoms with van der Waals surface area (Å²) in [6.07, 6.45) is 1.52. The molecule has 0 radical (unpaired) electrons. The van der Waals surface area contributed by atoms with Gasteiger partial charge in [0, 0.05) is 11.6 Å². The molecule has 0 aliphatic heterocycles. The summed E-state index contributed by atoms with van der Waals surface area (Å²) in [6, 6.07) is 1.83. The number of hydrogen-bond acceptors (Lipinski definition) is 4. The largest absolute Gasteiger partial charge is 0.477 e. The second kappa shape index (κ2) is 5.14. The van der Waals surface area contributed by atoms with Crippen LogP contribution in [0.2, 0.25) is 0 Å². The van der Waals surface area contributed by atoms with Crippen LogP contribution in [0.15, 0.2) is 12.4 Å². The van der Waals surface area contributed by atoms with Crippen LogP contribution in [0.4, 0.5) is 5.82 Å². The molecule has 0 fully saturated rings. The van der Waals surface area contributed by atoms with Crippen LogP contribution in [0.25, 0.3) is 0 Å². The summed E-state index contributed by atoms with van der Waals surface area (Å²) in [5, 5.41) is 3.28. The lowest BCUT2D eigenvalue weighted by Gasteiger charge is -2.21. The molecule has 0 unspecified atom stereocenters. The molecule has 0 aliphatic carbocycles. The van der Waals surface area contributed by atoms with Crippen molar-refractivity contribution >= 4 is 5.82 Å².